The summed E-state index contributed by atoms with van der Waals surface area (Å²) in [6, 6.07) is 13.9. The van der Waals surface area contributed by atoms with Gasteiger partial charge in [0.25, 0.3) is 0 Å². The fourth-order valence-electron chi connectivity index (χ4n) is 4.27. The zero-order valence-corrected chi connectivity index (χ0v) is 20.2. The molecule has 1 atom stereocenters. The number of rotatable bonds is 7. The monoisotopic (exact) mass is 466 g/mol. The molecule has 0 aliphatic carbocycles. The molecular weight excluding hydrogens is 436 g/mol. The van der Waals surface area contributed by atoms with Crippen molar-refractivity contribution in [2.24, 2.45) is 5.92 Å². The van der Waals surface area contributed by atoms with Gasteiger partial charge in [-0.2, -0.15) is 4.98 Å². The second-order valence-electron chi connectivity index (χ2n) is 8.88. The van der Waals surface area contributed by atoms with Crippen LogP contribution in [0.3, 0.4) is 0 Å². The van der Waals surface area contributed by atoms with E-state index in [-0.39, 0.29) is 17.9 Å². The van der Waals surface area contributed by atoms with E-state index in [1.165, 1.54) is 16.7 Å². The Balaban J connectivity index is 1.29. The summed E-state index contributed by atoms with van der Waals surface area (Å²) in [6.45, 7) is 8.60. The van der Waals surface area contributed by atoms with Crippen LogP contribution in [0.25, 0.3) is 11.4 Å². The Kier molecular flexibility index (Phi) is 7.46. The van der Waals surface area contributed by atoms with Crippen molar-refractivity contribution in [3.8, 4) is 11.4 Å². The number of nitrogens with one attached hydrogen (secondary N) is 1. The lowest BCUT2D eigenvalue weighted by molar-refractivity contribution is -0.127. The topological polar surface area (TPSA) is 71.3 Å². The summed E-state index contributed by atoms with van der Waals surface area (Å²) in [7, 11) is 0. The number of aryl methyl sites for hydroxylation is 2. The number of carbonyl (C=O) groups excluding carboxylic acids is 1. The third-order valence-corrected chi connectivity index (χ3v) is 6.80. The lowest BCUT2D eigenvalue weighted by Gasteiger charge is -2.31. The Bertz CT molecular complexity index is 1090. The largest absolute Gasteiger partial charge is 0.349 e. The number of likely N-dealkylation sites (tertiary alicyclic amines) is 1. The van der Waals surface area contributed by atoms with E-state index < -0.39 is 0 Å². The number of benzene rings is 2. The molecule has 2 heterocycles. The van der Waals surface area contributed by atoms with E-state index in [0.29, 0.717) is 23.3 Å². The molecule has 6 nitrogen and oxygen atoms in total. The van der Waals surface area contributed by atoms with Gasteiger partial charge in [-0.15, -0.1) is 0 Å². The lowest BCUT2D eigenvalue weighted by atomic mass is 9.94. The fraction of sp³-hybridized carbons (Fsp3) is 0.423. The zero-order valence-electron chi connectivity index (χ0n) is 19.5. The molecule has 0 saturated carbocycles. The summed E-state index contributed by atoms with van der Waals surface area (Å²) in [6.07, 6.45) is 2.53. The molecule has 7 heteroatoms. The van der Waals surface area contributed by atoms with E-state index >= 15 is 0 Å². The molecule has 1 N–H and O–H groups in total. The van der Waals surface area contributed by atoms with Gasteiger partial charge in [0.1, 0.15) is 0 Å². The minimum atomic E-state index is 0.0363. The van der Waals surface area contributed by atoms with Gasteiger partial charge in [-0.1, -0.05) is 41.9 Å². The van der Waals surface area contributed by atoms with Crippen molar-refractivity contribution in [3.05, 3.63) is 70.1 Å². The molecule has 3 aromatic rings. The molecule has 1 fully saturated rings. The first-order valence-electron chi connectivity index (χ1n) is 11.6. The number of hydrogen-bond donors (Lipinski definition) is 1. The standard InChI is InChI=1S/C26H31ClN4O2/c1-4-23(21-6-5-17(2)18(3)15-21)28-26(32)20-11-13-31(14-12-20)16-24-29-25(30-33-24)19-7-9-22(27)10-8-19/h5-10,15,20,23H,4,11-14,16H2,1-3H3,(H,28,32). The highest BCUT2D eigenvalue weighted by Crippen LogP contribution is 2.24. The van der Waals surface area contributed by atoms with Crippen molar-refractivity contribution < 1.29 is 9.32 Å². The van der Waals surface area contributed by atoms with Crippen LogP contribution in [-0.4, -0.2) is 34.0 Å². The molecular formula is C26H31ClN4O2. The van der Waals surface area contributed by atoms with Crippen LogP contribution < -0.4 is 5.32 Å². The van der Waals surface area contributed by atoms with Crippen LogP contribution in [0, 0.1) is 19.8 Å². The smallest absolute Gasteiger partial charge is 0.241 e. The molecule has 2 aromatic carbocycles. The van der Waals surface area contributed by atoms with Gasteiger partial charge in [0, 0.05) is 16.5 Å². The van der Waals surface area contributed by atoms with Gasteiger partial charge in [0.15, 0.2) is 0 Å². The van der Waals surface area contributed by atoms with E-state index in [9.17, 15) is 4.79 Å². The number of halogens is 1. The number of carbonyl (C=O) groups is 1. The van der Waals surface area contributed by atoms with Gasteiger partial charge in [0.2, 0.25) is 17.6 Å². The minimum Gasteiger partial charge on any atom is -0.349 e. The molecule has 1 amide bonds. The molecule has 174 valence electrons. The van der Waals surface area contributed by atoms with Crippen molar-refractivity contribution in [3.63, 3.8) is 0 Å². The Morgan fingerprint density at radius 2 is 1.88 bits per heavy atom. The summed E-state index contributed by atoms with van der Waals surface area (Å²) in [5, 5.41) is 8.04. The molecule has 1 aromatic heterocycles. The number of nitrogens with zero attached hydrogens (tertiary/aromatic N) is 3. The Hall–Kier alpha value is -2.70. The first-order chi connectivity index (χ1) is 15.9. The maximum Gasteiger partial charge on any atom is 0.241 e. The van der Waals surface area contributed by atoms with E-state index in [0.717, 1.165) is 37.9 Å². The molecule has 1 aliphatic heterocycles. The van der Waals surface area contributed by atoms with Crippen molar-refractivity contribution in [1.82, 2.24) is 20.4 Å². The third kappa shape index (κ3) is 5.81. The summed E-state index contributed by atoms with van der Waals surface area (Å²) in [5.41, 5.74) is 4.58. The highest BCUT2D eigenvalue weighted by molar-refractivity contribution is 6.30. The molecule has 0 spiro atoms. The molecule has 1 saturated heterocycles. The first kappa shape index (κ1) is 23.5. The van der Waals surface area contributed by atoms with Crippen LogP contribution >= 0.6 is 11.6 Å². The summed E-state index contributed by atoms with van der Waals surface area (Å²) in [4.78, 5) is 19.7. The predicted molar refractivity (Wildman–Crippen MR) is 130 cm³/mol. The predicted octanol–water partition coefficient (Wildman–Crippen LogP) is 5.49. The van der Waals surface area contributed by atoms with Crippen LogP contribution in [0.2, 0.25) is 5.02 Å². The first-order valence-corrected chi connectivity index (χ1v) is 12.0. The van der Waals surface area contributed by atoms with Gasteiger partial charge in [-0.05, 0) is 87.2 Å². The van der Waals surface area contributed by atoms with Crippen LogP contribution in [0.15, 0.2) is 47.0 Å². The van der Waals surface area contributed by atoms with E-state index in [1.54, 1.807) is 0 Å². The van der Waals surface area contributed by atoms with Crippen molar-refractivity contribution in [2.75, 3.05) is 13.1 Å². The maximum atomic E-state index is 13.0. The minimum absolute atomic E-state index is 0.0363. The van der Waals surface area contributed by atoms with Crippen molar-refractivity contribution in [2.45, 2.75) is 52.6 Å². The van der Waals surface area contributed by atoms with E-state index in [4.69, 9.17) is 16.1 Å². The van der Waals surface area contributed by atoms with E-state index in [2.05, 4.69) is 59.3 Å². The molecule has 1 aliphatic rings. The van der Waals surface area contributed by atoms with Crippen LogP contribution in [-0.2, 0) is 11.3 Å². The number of hydrogen-bond acceptors (Lipinski definition) is 5. The molecule has 0 bridgehead atoms. The Morgan fingerprint density at radius 1 is 1.15 bits per heavy atom. The second-order valence-corrected chi connectivity index (χ2v) is 9.32. The second kappa shape index (κ2) is 10.5. The third-order valence-electron chi connectivity index (χ3n) is 6.55. The summed E-state index contributed by atoms with van der Waals surface area (Å²) < 4.78 is 5.45. The van der Waals surface area contributed by atoms with Crippen molar-refractivity contribution in [1.29, 1.82) is 0 Å². The zero-order chi connectivity index (χ0) is 23.4. The highest BCUT2D eigenvalue weighted by Gasteiger charge is 2.27. The Morgan fingerprint density at radius 3 is 2.55 bits per heavy atom. The highest BCUT2D eigenvalue weighted by atomic mass is 35.5. The van der Waals surface area contributed by atoms with Crippen molar-refractivity contribution >= 4 is 17.5 Å². The molecule has 0 radical (unpaired) electrons. The van der Waals surface area contributed by atoms with Crippen LogP contribution in [0.5, 0.6) is 0 Å². The SMILES string of the molecule is CCC(NC(=O)C1CCN(Cc2nc(-c3ccc(Cl)cc3)no2)CC1)c1ccc(C)c(C)c1. The normalized spacial score (nSPS) is 16.0. The molecule has 1 unspecified atom stereocenters. The molecule has 4 rings (SSSR count). The average molecular weight is 467 g/mol. The number of piperidine rings is 1. The van der Waals surface area contributed by atoms with Gasteiger partial charge in [0.05, 0.1) is 12.6 Å². The fourth-order valence-corrected chi connectivity index (χ4v) is 4.40. The quantitative estimate of drug-likeness (QED) is 0.498. The number of amides is 1. The van der Waals surface area contributed by atoms with Gasteiger partial charge < -0.3 is 9.84 Å². The Labute approximate surface area is 200 Å². The van der Waals surface area contributed by atoms with Crippen LogP contribution in [0.1, 0.15) is 54.8 Å². The lowest BCUT2D eigenvalue weighted by Crippen LogP contribution is -2.41. The summed E-state index contributed by atoms with van der Waals surface area (Å²) >= 11 is 5.95. The summed E-state index contributed by atoms with van der Waals surface area (Å²) in [5.74, 6) is 1.34. The van der Waals surface area contributed by atoms with E-state index in [1.807, 2.05) is 24.3 Å². The van der Waals surface area contributed by atoms with Crippen LogP contribution in [0.4, 0.5) is 0 Å². The number of aromatic nitrogens is 2. The maximum absolute atomic E-state index is 13.0. The van der Waals surface area contributed by atoms with Gasteiger partial charge >= 0.3 is 0 Å². The van der Waals surface area contributed by atoms with Gasteiger partial charge in [-0.25, -0.2) is 0 Å². The average Bonchev–Trinajstić information content (AvgIpc) is 3.28. The molecule has 33 heavy (non-hydrogen) atoms. The van der Waals surface area contributed by atoms with Gasteiger partial charge in [-0.3, -0.25) is 9.69 Å².